The molecule has 0 spiro atoms. The lowest BCUT2D eigenvalue weighted by atomic mass is 10.0. The van der Waals surface area contributed by atoms with Gasteiger partial charge in [0, 0.05) is 25.3 Å². The average Bonchev–Trinajstić information content (AvgIpc) is 2.87. The van der Waals surface area contributed by atoms with E-state index in [-0.39, 0.29) is 12.6 Å². The van der Waals surface area contributed by atoms with Crippen LogP contribution < -0.4 is 4.90 Å². The first-order valence-corrected chi connectivity index (χ1v) is 6.71. The number of para-hydroxylation sites is 1. The van der Waals surface area contributed by atoms with E-state index in [1.165, 1.54) is 0 Å². The quantitative estimate of drug-likeness (QED) is 0.796. The summed E-state index contributed by atoms with van der Waals surface area (Å²) in [6.45, 7) is 1.49. The van der Waals surface area contributed by atoms with Gasteiger partial charge in [-0.1, -0.05) is 30.4 Å². The summed E-state index contributed by atoms with van der Waals surface area (Å²) in [5.74, 6) is -1.51. The molecule has 1 aromatic carbocycles. The van der Waals surface area contributed by atoms with Gasteiger partial charge in [-0.2, -0.15) is 0 Å². The number of carboxylic acid groups (broad SMARTS) is 1. The van der Waals surface area contributed by atoms with Gasteiger partial charge >= 0.3 is 12.0 Å². The summed E-state index contributed by atoms with van der Waals surface area (Å²) in [5, 5.41) is 9.31. The minimum Gasteiger partial charge on any atom is -0.481 e. The first-order valence-electron chi connectivity index (χ1n) is 6.71. The van der Waals surface area contributed by atoms with E-state index in [0.29, 0.717) is 13.1 Å². The van der Waals surface area contributed by atoms with Gasteiger partial charge in [0.25, 0.3) is 0 Å². The van der Waals surface area contributed by atoms with Crippen molar-refractivity contribution in [2.24, 2.45) is 0 Å². The van der Waals surface area contributed by atoms with Crippen LogP contribution in [0.3, 0.4) is 0 Å². The normalized spacial score (nSPS) is 20.9. The summed E-state index contributed by atoms with van der Waals surface area (Å²) in [6, 6.07) is 7.14. The number of carbonyl (C=O) groups excluding carboxylic acids is 1. The summed E-state index contributed by atoms with van der Waals surface area (Å²) >= 11 is 0. The first-order chi connectivity index (χ1) is 9.68. The second-order valence-corrected chi connectivity index (χ2v) is 5.05. The maximum absolute atomic E-state index is 12.6. The lowest BCUT2D eigenvalue weighted by Gasteiger charge is -2.29. The summed E-state index contributed by atoms with van der Waals surface area (Å²) in [6.07, 6.45) is 4.88. The molecule has 0 aliphatic carbocycles. The largest absolute Gasteiger partial charge is 0.481 e. The molecule has 2 aliphatic heterocycles. The van der Waals surface area contributed by atoms with Gasteiger partial charge in [0.15, 0.2) is 0 Å². The molecule has 1 unspecified atom stereocenters. The Hall–Kier alpha value is -2.30. The Kier molecular flexibility index (Phi) is 3.18. The number of carbonyl (C=O) groups is 2. The molecule has 0 saturated heterocycles. The van der Waals surface area contributed by atoms with Crippen LogP contribution in [-0.2, 0) is 4.79 Å². The Balaban J connectivity index is 1.90. The Morgan fingerprint density at radius 1 is 1.20 bits per heavy atom. The lowest BCUT2D eigenvalue weighted by molar-refractivity contribution is -0.138. The minimum atomic E-state index is -0.883. The van der Waals surface area contributed by atoms with Crippen molar-refractivity contribution in [3.05, 3.63) is 42.0 Å². The molecule has 5 nitrogen and oxygen atoms in total. The molecular weight excluding hydrogens is 256 g/mol. The van der Waals surface area contributed by atoms with Crippen LogP contribution in [0.4, 0.5) is 10.5 Å². The third-order valence-corrected chi connectivity index (χ3v) is 3.83. The van der Waals surface area contributed by atoms with Crippen molar-refractivity contribution < 1.29 is 14.7 Å². The number of hydrogen-bond acceptors (Lipinski definition) is 2. The van der Waals surface area contributed by atoms with Crippen LogP contribution in [0.25, 0.3) is 0 Å². The van der Waals surface area contributed by atoms with E-state index in [9.17, 15) is 14.7 Å². The topological polar surface area (TPSA) is 60.9 Å². The smallest absolute Gasteiger partial charge is 0.324 e. The Morgan fingerprint density at radius 3 is 2.70 bits per heavy atom. The molecule has 0 bridgehead atoms. The van der Waals surface area contributed by atoms with Crippen LogP contribution in [0.15, 0.2) is 36.4 Å². The lowest BCUT2D eigenvalue weighted by Crippen LogP contribution is -2.44. The zero-order valence-corrected chi connectivity index (χ0v) is 11.0. The average molecular weight is 272 g/mol. The minimum absolute atomic E-state index is 0.106. The fourth-order valence-corrected chi connectivity index (χ4v) is 2.79. The van der Waals surface area contributed by atoms with Crippen LogP contribution in [0.2, 0.25) is 0 Å². The Bertz CT molecular complexity index is 582. The van der Waals surface area contributed by atoms with E-state index in [0.717, 1.165) is 17.7 Å². The number of amides is 2. The SMILES string of the molecule is O=C(O)C1CN(C(=O)N2CC=CCC2)c2ccccc21. The number of fused-ring (bicyclic) bond motifs is 1. The van der Waals surface area contributed by atoms with Gasteiger partial charge in [-0.3, -0.25) is 9.69 Å². The maximum atomic E-state index is 12.6. The maximum Gasteiger partial charge on any atom is 0.324 e. The molecule has 20 heavy (non-hydrogen) atoms. The number of benzene rings is 1. The van der Waals surface area contributed by atoms with Gasteiger partial charge < -0.3 is 10.0 Å². The summed E-state index contributed by atoms with van der Waals surface area (Å²) < 4.78 is 0. The molecule has 104 valence electrons. The van der Waals surface area contributed by atoms with E-state index >= 15 is 0 Å². The Labute approximate surface area is 117 Å². The first kappa shape index (κ1) is 12.7. The molecule has 1 aromatic rings. The molecule has 2 heterocycles. The van der Waals surface area contributed by atoms with E-state index in [1.807, 2.05) is 24.3 Å². The molecule has 5 heteroatoms. The predicted molar refractivity (Wildman–Crippen MR) is 74.9 cm³/mol. The summed E-state index contributed by atoms with van der Waals surface area (Å²) in [7, 11) is 0. The third-order valence-electron chi connectivity index (χ3n) is 3.83. The van der Waals surface area contributed by atoms with Crippen molar-refractivity contribution >= 4 is 17.7 Å². The van der Waals surface area contributed by atoms with Gasteiger partial charge in [0.05, 0.1) is 0 Å². The number of urea groups is 1. The summed E-state index contributed by atoms with van der Waals surface area (Å²) in [4.78, 5) is 27.2. The van der Waals surface area contributed by atoms with Crippen molar-refractivity contribution in [2.45, 2.75) is 12.3 Å². The van der Waals surface area contributed by atoms with Crippen molar-refractivity contribution in [1.82, 2.24) is 4.90 Å². The zero-order valence-electron chi connectivity index (χ0n) is 11.0. The van der Waals surface area contributed by atoms with Crippen LogP contribution in [-0.4, -0.2) is 41.6 Å². The monoisotopic (exact) mass is 272 g/mol. The molecule has 2 aliphatic rings. The Morgan fingerprint density at radius 2 is 2.00 bits per heavy atom. The standard InChI is InChI=1S/C15H16N2O3/c18-14(19)12-10-17(13-7-3-2-6-11(12)13)15(20)16-8-4-1-5-9-16/h1-4,6-7,12H,5,8-10H2,(H,18,19). The van der Waals surface area contributed by atoms with Crippen LogP contribution in [0.5, 0.6) is 0 Å². The van der Waals surface area contributed by atoms with E-state index in [2.05, 4.69) is 6.08 Å². The van der Waals surface area contributed by atoms with Gasteiger partial charge in [-0.05, 0) is 18.1 Å². The van der Waals surface area contributed by atoms with Crippen LogP contribution in [0.1, 0.15) is 17.9 Å². The fourth-order valence-electron chi connectivity index (χ4n) is 2.79. The van der Waals surface area contributed by atoms with E-state index in [4.69, 9.17) is 0 Å². The van der Waals surface area contributed by atoms with Gasteiger partial charge in [0.1, 0.15) is 5.92 Å². The number of anilines is 1. The highest BCUT2D eigenvalue weighted by atomic mass is 16.4. The molecule has 0 radical (unpaired) electrons. The van der Waals surface area contributed by atoms with Crippen molar-refractivity contribution in [3.63, 3.8) is 0 Å². The number of aliphatic carboxylic acids is 1. The predicted octanol–water partition coefficient (Wildman–Crippen LogP) is 2.06. The highest BCUT2D eigenvalue weighted by Crippen LogP contribution is 2.36. The third kappa shape index (κ3) is 2.05. The van der Waals surface area contributed by atoms with E-state index < -0.39 is 11.9 Å². The molecule has 0 saturated carbocycles. The number of carboxylic acids is 1. The zero-order chi connectivity index (χ0) is 14.1. The number of nitrogens with zero attached hydrogens (tertiary/aromatic N) is 2. The molecule has 0 fully saturated rings. The van der Waals surface area contributed by atoms with E-state index in [1.54, 1.807) is 15.9 Å². The molecule has 1 N–H and O–H groups in total. The van der Waals surface area contributed by atoms with Crippen LogP contribution >= 0.6 is 0 Å². The van der Waals surface area contributed by atoms with Crippen molar-refractivity contribution in [2.75, 3.05) is 24.5 Å². The van der Waals surface area contributed by atoms with Crippen LogP contribution in [0, 0.1) is 0 Å². The molecular formula is C15H16N2O3. The van der Waals surface area contributed by atoms with Gasteiger partial charge in [-0.15, -0.1) is 0 Å². The highest BCUT2D eigenvalue weighted by molar-refractivity contribution is 5.98. The van der Waals surface area contributed by atoms with Crippen molar-refractivity contribution in [3.8, 4) is 0 Å². The second-order valence-electron chi connectivity index (χ2n) is 5.05. The summed E-state index contributed by atoms with van der Waals surface area (Å²) in [5.41, 5.74) is 1.44. The molecule has 0 aromatic heterocycles. The van der Waals surface area contributed by atoms with Crippen molar-refractivity contribution in [1.29, 1.82) is 0 Å². The number of hydrogen-bond donors (Lipinski definition) is 1. The molecule has 2 amide bonds. The molecule has 1 atom stereocenters. The fraction of sp³-hybridized carbons (Fsp3) is 0.333. The highest BCUT2D eigenvalue weighted by Gasteiger charge is 2.37. The second kappa shape index (κ2) is 5.00. The molecule has 3 rings (SSSR count). The number of rotatable bonds is 1. The van der Waals surface area contributed by atoms with Gasteiger partial charge in [0.2, 0.25) is 0 Å². The van der Waals surface area contributed by atoms with Gasteiger partial charge in [-0.25, -0.2) is 4.79 Å².